The number of ether oxygens (including phenoxy) is 2. The lowest BCUT2D eigenvalue weighted by atomic mass is 9.92. The second-order valence-electron chi connectivity index (χ2n) is 11.6. The summed E-state index contributed by atoms with van der Waals surface area (Å²) in [5.74, 6) is 0.810. The third-order valence-electron chi connectivity index (χ3n) is 8.48. The lowest BCUT2D eigenvalue weighted by molar-refractivity contribution is 0.0600. The molecule has 1 aliphatic rings. The zero-order valence-corrected chi connectivity index (χ0v) is 25.4. The van der Waals surface area contributed by atoms with Gasteiger partial charge in [0.05, 0.1) is 37.0 Å². The molecule has 3 aromatic heterocycles. The monoisotopic (exact) mass is 619 g/mol. The van der Waals surface area contributed by atoms with Crippen LogP contribution in [0.25, 0.3) is 16.4 Å². The van der Waals surface area contributed by atoms with Crippen LogP contribution in [-0.4, -0.2) is 49.6 Å². The van der Waals surface area contributed by atoms with Gasteiger partial charge in [-0.3, -0.25) is 4.68 Å². The quantitative estimate of drug-likeness (QED) is 0.173. The molecule has 1 saturated carbocycles. The Morgan fingerprint density at radius 2 is 1.83 bits per heavy atom. The van der Waals surface area contributed by atoms with Crippen LogP contribution < -0.4 is 15.4 Å². The Bertz CT molecular complexity index is 1980. The lowest BCUT2D eigenvalue weighted by Gasteiger charge is -2.29. The number of nitrogens with one attached hydrogen (secondary N) is 2. The van der Waals surface area contributed by atoms with Crippen LogP contribution in [0.3, 0.4) is 0 Å². The number of carbonyl (C=O) groups excluding carboxylic acids is 1. The van der Waals surface area contributed by atoms with Crippen LogP contribution in [0, 0.1) is 5.82 Å². The number of fused-ring (bicyclic) bond motifs is 2. The SMILES string of the molecule is COC(=O)c1ccc(CNC2CCC(Oc3ccn4ncnc(Nc5ccc6c(cnn6Cc6cccc(F)c6)c5)c34)CC2)cc1. The first-order valence-corrected chi connectivity index (χ1v) is 15.4. The van der Waals surface area contributed by atoms with Crippen molar-refractivity contribution in [2.24, 2.45) is 0 Å². The van der Waals surface area contributed by atoms with Gasteiger partial charge in [-0.05, 0) is 79.3 Å². The van der Waals surface area contributed by atoms with Crippen molar-refractivity contribution in [2.45, 2.75) is 50.9 Å². The van der Waals surface area contributed by atoms with E-state index in [-0.39, 0.29) is 17.9 Å². The smallest absolute Gasteiger partial charge is 0.337 e. The van der Waals surface area contributed by atoms with E-state index >= 15 is 0 Å². The first-order valence-electron chi connectivity index (χ1n) is 15.4. The van der Waals surface area contributed by atoms with Gasteiger partial charge in [-0.2, -0.15) is 10.2 Å². The van der Waals surface area contributed by atoms with Gasteiger partial charge in [0.1, 0.15) is 17.7 Å². The van der Waals surface area contributed by atoms with Crippen molar-refractivity contribution in [2.75, 3.05) is 12.4 Å². The zero-order valence-electron chi connectivity index (χ0n) is 25.4. The summed E-state index contributed by atoms with van der Waals surface area (Å²) in [7, 11) is 1.39. The minimum absolute atomic E-state index is 0.0944. The van der Waals surface area contributed by atoms with Crippen molar-refractivity contribution in [3.63, 3.8) is 0 Å². The third-order valence-corrected chi connectivity index (χ3v) is 8.48. The van der Waals surface area contributed by atoms with Gasteiger partial charge >= 0.3 is 5.97 Å². The van der Waals surface area contributed by atoms with Gasteiger partial charge in [0.15, 0.2) is 11.6 Å². The highest BCUT2D eigenvalue weighted by molar-refractivity contribution is 5.89. The predicted molar refractivity (Wildman–Crippen MR) is 173 cm³/mol. The Labute approximate surface area is 265 Å². The number of rotatable bonds is 10. The maximum absolute atomic E-state index is 13.7. The highest BCUT2D eigenvalue weighted by atomic mass is 19.1. The van der Waals surface area contributed by atoms with E-state index in [1.807, 2.05) is 59.5 Å². The van der Waals surface area contributed by atoms with Crippen LogP contribution in [0.1, 0.15) is 47.2 Å². The van der Waals surface area contributed by atoms with Crippen molar-refractivity contribution in [3.8, 4) is 5.75 Å². The van der Waals surface area contributed by atoms with E-state index in [2.05, 4.69) is 25.8 Å². The number of hydrogen-bond acceptors (Lipinski definition) is 8. The molecule has 0 atom stereocenters. The summed E-state index contributed by atoms with van der Waals surface area (Å²) in [6.07, 6.45) is 9.19. The van der Waals surface area contributed by atoms with Crippen molar-refractivity contribution in [1.29, 1.82) is 0 Å². The van der Waals surface area contributed by atoms with Gasteiger partial charge < -0.3 is 20.1 Å². The first kappa shape index (κ1) is 29.4. The zero-order chi connectivity index (χ0) is 31.5. The third kappa shape index (κ3) is 6.40. The predicted octanol–water partition coefficient (Wildman–Crippen LogP) is 6.28. The van der Waals surface area contributed by atoms with Gasteiger partial charge in [0, 0.05) is 35.9 Å². The van der Waals surface area contributed by atoms with E-state index in [1.165, 1.54) is 25.6 Å². The van der Waals surface area contributed by atoms with Gasteiger partial charge in [-0.1, -0.05) is 24.3 Å². The Balaban J connectivity index is 0.982. The molecule has 0 saturated heterocycles. The van der Waals surface area contributed by atoms with Gasteiger partial charge in [0.25, 0.3) is 0 Å². The molecular weight excluding hydrogens is 585 g/mol. The minimum Gasteiger partial charge on any atom is -0.488 e. The average Bonchev–Trinajstić information content (AvgIpc) is 3.68. The summed E-state index contributed by atoms with van der Waals surface area (Å²) < 4.78 is 28.6. The van der Waals surface area contributed by atoms with Gasteiger partial charge in [-0.25, -0.2) is 18.7 Å². The van der Waals surface area contributed by atoms with Crippen LogP contribution in [0.5, 0.6) is 5.75 Å². The molecule has 11 heteroatoms. The number of nitrogens with zero attached hydrogens (tertiary/aromatic N) is 5. The fourth-order valence-corrected chi connectivity index (χ4v) is 6.05. The van der Waals surface area contributed by atoms with Crippen LogP contribution in [0.2, 0.25) is 0 Å². The van der Waals surface area contributed by atoms with Crippen LogP contribution in [0.15, 0.2) is 91.5 Å². The standard InChI is InChI=1S/C35H34FN7O3/c1-45-35(44)25-7-5-23(6-8-25)19-37-28-9-12-30(13-10-28)46-32-15-16-42-33(32)34(38-22-40-42)41-29-11-14-31-26(18-29)20-39-43(31)21-24-3-2-4-27(36)17-24/h2-8,11,14-18,20,22,28,30,37H,9-10,12-13,19,21H2,1H3,(H,38,40,41). The number of hydrogen-bond donors (Lipinski definition) is 2. The summed E-state index contributed by atoms with van der Waals surface area (Å²) in [5.41, 5.74) is 5.12. The fourth-order valence-electron chi connectivity index (χ4n) is 6.05. The highest BCUT2D eigenvalue weighted by Gasteiger charge is 2.24. The van der Waals surface area contributed by atoms with E-state index in [0.717, 1.165) is 71.2 Å². The van der Waals surface area contributed by atoms with E-state index < -0.39 is 0 Å². The molecule has 0 radical (unpaired) electrons. The van der Waals surface area contributed by atoms with Crippen molar-refractivity contribution < 1.29 is 18.7 Å². The Morgan fingerprint density at radius 3 is 2.63 bits per heavy atom. The summed E-state index contributed by atoms with van der Waals surface area (Å²) in [6, 6.07) is 22.4. The van der Waals surface area contributed by atoms with E-state index in [4.69, 9.17) is 9.47 Å². The molecule has 1 aliphatic carbocycles. The summed E-state index contributed by atoms with van der Waals surface area (Å²) >= 11 is 0. The molecule has 1 fully saturated rings. The highest BCUT2D eigenvalue weighted by Crippen LogP contribution is 2.32. The molecule has 46 heavy (non-hydrogen) atoms. The molecule has 6 aromatic rings. The van der Waals surface area contributed by atoms with E-state index in [1.54, 1.807) is 22.7 Å². The van der Waals surface area contributed by atoms with Crippen molar-refractivity contribution >= 4 is 33.9 Å². The molecule has 0 bridgehead atoms. The largest absolute Gasteiger partial charge is 0.488 e. The molecule has 2 N–H and O–H groups in total. The molecule has 0 unspecified atom stereocenters. The summed E-state index contributed by atoms with van der Waals surface area (Å²) in [4.78, 5) is 16.2. The Kier molecular flexibility index (Phi) is 8.30. The molecule has 0 spiro atoms. The molecule has 0 amide bonds. The lowest BCUT2D eigenvalue weighted by Crippen LogP contribution is -2.35. The number of anilines is 2. The molecule has 10 nitrogen and oxygen atoms in total. The molecule has 0 aliphatic heterocycles. The maximum Gasteiger partial charge on any atom is 0.337 e. The fraction of sp³-hybridized carbons (Fsp3) is 0.257. The average molecular weight is 620 g/mol. The molecule has 234 valence electrons. The van der Waals surface area contributed by atoms with Crippen LogP contribution in [0.4, 0.5) is 15.9 Å². The van der Waals surface area contributed by atoms with Crippen LogP contribution >= 0.6 is 0 Å². The number of halogens is 1. The van der Waals surface area contributed by atoms with Gasteiger partial charge in [0.2, 0.25) is 0 Å². The van der Waals surface area contributed by atoms with Crippen molar-refractivity contribution in [3.05, 3.63) is 114 Å². The number of esters is 1. The second kappa shape index (κ2) is 13.0. The molecule has 7 rings (SSSR count). The van der Waals surface area contributed by atoms with Crippen LogP contribution in [-0.2, 0) is 17.8 Å². The Hall–Kier alpha value is -5.29. The maximum atomic E-state index is 13.7. The minimum atomic E-state index is -0.326. The number of methoxy groups -OCH3 is 1. The summed E-state index contributed by atoms with van der Waals surface area (Å²) in [6.45, 7) is 1.23. The normalized spacial score (nSPS) is 16.5. The molecule has 3 aromatic carbocycles. The summed E-state index contributed by atoms with van der Waals surface area (Å²) in [5, 5.41) is 17.0. The topological polar surface area (TPSA) is 108 Å². The first-order chi connectivity index (χ1) is 22.5. The second-order valence-corrected chi connectivity index (χ2v) is 11.6. The van der Waals surface area contributed by atoms with Crippen molar-refractivity contribution in [1.82, 2.24) is 29.7 Å². The molecular formula is C35H34FN7O3. The van der Waals surface area contributed by atoms with E-state index in [0.29, 0.717) is 24.0 Å². The molecule has 3 heterocycles. The Morgan fingerprint density at radius 1 is 0.978 bits per heavy atom. The number of benzene rings is 3. The van der Waals surface area contributed by atoms with Gasteiger partial charge in [-0.15, -0.1) is 0 Å². The number of aromatic nitrogens is 5. The van der Waals surface area contributed by atoms with E-state index in [9.17, 15) is 9.18 Å². The number of carbonyl (C=O) groups is 1.